The van der Waals surface area contributed by atoms with Crippen molar-refractivity contribution in [3.8, 4) is 0 Å². The number of likely N-dealkylation sites (tertiary alicyclic amines) is 1. The summed E-state index contributed by atoms with van der Waals surface area (Å²) in [6.45, 7) is 10.4. The van der Waals surface area contributed by atoms with Crippen LogP contribution in [0.5, 0.6) is 0 Å². The number of pyridine rings is 1. The van der Waals surface area contributed by atoms with Crippen LogP contribution in [0.1, 0.15) is 66.8 Å². The molecule has 2 aromatic carbocycles. The largest absolute Gasteiger partial charge is 0.366 e. The Balaban J connectivity index is 1.65. The Morgan fingerprint density at radius 3 is 2.15 bits per heavy atom. The van der Waals surface area contributed by atoms with Crippen molar-refractivity contribution in [3.05, 3.63) is 89.5 Å². The predicted octanol–water partition coefficient (Wildman–Crippen LogP) is 5.38. The molecular formula is C31H38FN5O2. The van der Waals surface area contributed by atoms with Gasteiger partial charge >= 0.3 is 0 Å². The van der Waals surface area contributed by atoms with Crippen molar-refractivity contribution in [1.82, 2.24) is 14.8 Å². The van der Waals surface area contributed by atoms with Gasteiger partial charge in [-0.2, -0.15) is 0 Å². The average molecular weight is 532 g/mol. The van der Waals surface area contributed by atoms with E-state index in [1.165, 1.54) is 17.7 Å². The van der Waals surface area contributed by atoms with Gasteiger partial charge in [0, 0.05) is 61.4 Å². The first kappa shape index (κ1) is 28.2. The third-order valence-electron chi connectivity index (χ3n) is 7.31. The van der Waals surface area contributed by atoms with Crippen LogP contribution in [0.25, 0.3) is 0 Å². The van der Waals surface area contributed by atoms with E-state index in [0.717, 1.165) is 32.5 Å². The third kappa shape index (κ3) is 6.45. The van der Waals surface area contributed by atoms with Crippen molar-refractivity contribution in [2.45, 2.75) is 65.2 Å². The molecule has 39 heavy (non-hydrogen) atoms. The van der Waals surface area contributed by atoms with Crippen molar-refractivity contribution in [1.29, 1.82) is 0 Å². The van der Waals surface area contributed by atoms with Crippen LogP contribution in [0, 0.1) is 5.82 Å². The second-order valence-electron chi connectivity index (χ2n) is 10.7. The van der Waals surface area contributed by atoms with Gasteiger partial charge in [-0.15, -0.1) is 0 Å². The molecule has 1 aliphatic heterocycles. The minimum atomic E-state index is -0.680. The molecule has 1 aromatic heterocycles. The molecule has 0 radical (unpaired) electrons. The summed E-state index contributed by atoms with van der Waals surface area (Å²) >= 11 is 0. The van der Waals surface area contributed by atoms with E-state index in [2.05, 4.69) is 9.88 Å². The summed E-state index contributed by atoms with van der Waals surface area (Å²) in [6.07, 6.45) is 5.13. The van der Waals surface area contributed by atoms with E-state index in [1.807, 2.05) is 61.8 Å². The Morgan fingerprint density at radius 2 is 1.59 bits per heavy atom. The molecule has 2 N–H and O–H groups in total. The fraction of sp³-hybridized carbons (Fsp3) is 0.387. The molecule has 7 nitrogen and oxygen atoms in total. The standard InChI is InChI=1S/C31H38FN5O2/c1-21(2)36(22(3)4)31(39)24-8-10-25(11-9-24)37(29-27(30(33)38)6-5-7-28(29)32)26-14-18-35(19-15-26)20-23-12-16-34-17-13-23/h5-13,16-17,21-22,26H,14-15,18-20H2,1-4H3,(H2,33,38). The highest BCUT2D eigenvalue weighted by Crippen LogP contribution is 2.36. The molecule has 1 aliphatic rings. The lowest BCUT2D eigenvalue weighted by Gasteiger charge is -2.40. The number of primary amides is 1. The van der Waals surface area contributed by atoms with E-state index in [-0.39, 0.29) is 35.3 Å². The molecule has 1 fully saturated rings. The number of benzene rings is 2. The molecule has 3 aromatic rings. The maximum atomic E-state index is 15.4. The molecule has 0 spiro atoms. The van der Waals surface area contributed by atoms with Crippen molar-refractivity contribution >= 4 is 23.2 Å². The number of aromatic nitrogens is 1. The Morgan fingerprint density at radius 1 is 0.974 bits per heavy atom. The van der Waals surface area contributed by atoms with Crippen molar-refractivity contribution < 1.29 is 14.0 Å². The number of para-hydroxylation sites is 1. The lowest BCUT2D eigenvalue weighted by atomic mass is 9.98. The highest BCUT2D eigenvalue weighted by Gasteiger charge is 2.31. The summed E-state index contributed by atoms with van der Waals surface area (Å²) in [7, 11) is 0. The summed E-state index contributed by atoms with van der Waals surface area (Å²) in [5, 5.41) is 0. The molecule has 8 heteroatoms. The Hall–Kier alpha value is -3.78. The van der Waals surface area contributed by atoms with Crippen LogP contribution in [0.15, 0.2) is 67.0 Å². The number of halogens is 1. The topological polar surface area (TPSA) is 82.8 Å². The quantitative estimate of drug-likeness (QED) is 0.401. The summed E-state index contributed by atoms with van der Waals surface area (Å²) < 4.78 is 15.4. The van der Waals surface area contributed by atoms with Crippen LogP contribution in [0.4, 0.5) is 15.8 Å². The summed E-state index contributed by atoms with van der Waals surface area (Å²) in [5.41, 5.74) is 8.50. The van der Waals surface area contributed by atoms with Crippen LogP contribution < -0.4 is 10.6 Å². The zero-order valence-electron chi connectivity index (χ0n) is 23.2. The Labute approximate surface area is 230 Å². The predicted molar refractivity (Wildman–Crippen MR) is 152 cm³/mol. The number of hydrogen-bond acceptors (Lipinski definition) is 5. The van der Waals surface area contributed by atoms with E-state index < -0.39 is 11.7 Å². The fourth-order valence-electron chi connectivity index (χ4n) is 5.54. The Bertz CT molecular complexity index is 1260. The van der Waals surface area contributed by atoms with Gasteiger partial charge in [0.15, 0.2) is 0 Å². The number of nitrogens with zero attached hydrogens (tertiary/aromatic N) is 4. The summed E-state index contributed by atoms with van der Waals surface area (Å²) in [6, 6.07) is 15.8. The van der Waals surface area contributed by atoms with Gasteiger partial charge in [-0.05, 0) is 94.6 Å². The van der Waals surface area contributed by atoms with Gasteiger partial charge in [-0.25, -0.2) is 4.39 Å². The summed E-state index contributed by atoms with van der Waals surface area (Å²) in [5.74, 6) is -1.23. The fourth-order valence-corrected chi connectivity index (χ4v) is 5.54. The second-order valence-corrected chi connectivity index (χ2v) is 10.7. The molecule has 2 heterocycles. The van der Waals surface area contributed by atoms with Gasteiger partial charge < -0.3 is 15.5 Å². The van der Waals surface area contributed by atoms with Gasteiger partial charge in [0.2, 0.25) is 0 Å². The molecule has 206 valence electrons. The number of anilines is 2. The minimum absolute atomic E-state index is 0.0498. The number of carbonyl (C=O) groups excluding carboxylic acids is 2. The number of hydrogen-bond donors (Lipinski definition) is 1. The zero-order chi connectivity index (χ0) is 28.1. The van der Waals surface area contributed by atoms with Gasteiger partial charge in [0.05, 0.1) is 11.3 Å². The van der Waals surface area contributed by atoms with Crippen molar-refractivity contribution in [3.63, 3.8) is 0 Å². The lowest BCUT2D eigenvalue weighted by molar-refractivity contribution is 0.0643. The van der Waals surface area contributed by atoms with Gasteiger partial charge in [0.1, 0.15) is 5.82 Å². The minimum Gasteiger partial charge on any atom is -0.366 e. The first-order chi connectivity index (χ1) is 18.7. The van der Waals surface area contributed by atoms with Crippen LogP contribution in [0.3, 0.4) is 0 Å². The molecule has 0 saturated carbocycles. The van der Waals surface area contributed by atoms with Gasteiger partial charge in [-0.1, -0.05) is 6.07 Å². The van der Waals surface area contributed by atoms with Crippen LogP contribution in [-0.4, -0.2) is 57.8 Å². The highest BCUT2D eigenvalue weighted by molar-refractivity contribution is 6.00. The summed E-state index contributed by atoms with van der Waals surface area (Å²) in [4.78, 5) is 35.8. The molecule has 0 unspecified atom stereocenters. The second kappa shape index (κ2) is 12.4. The van der Waals surface area contributed by atoms with E-state index >= 15 is 4.39 Å². The van der Waals surface area contributed by atoms with Crippen molar-refractivity contribution in [2.24, 2.45) is 5.73 Å². The first-order valence-electron chi connectivity index (χ1n) is 13.6. The van der Waals surface area contributed by atoms with Crippen LogP contribution in [0.2, 0.25) is 0 Å². The molecule has 1 saturated heterocycles. The maximum Gasteiger partial charge on any atom is 0.254 e. The molecule has 0 atom stereocenters. The van der Waals surface area contributed by atoms with Crippen LogP contribution in [-0.2, 0) is 6.54 Å². The van der Waals surface area contributed by atoms with E-state index in [9.17, 15) is 9.59 Å². The van der Waals surface area contributed by atoms with Gasteiger partial charge in [-0.3, -0.25) is 19.5 Å². The number of piperidine rings is 1. The van der Waals surface area contributed by atoms with Gasteiger partial charge in [0.25, 0.3) is 11.8 Å². The normalized spacial score (nSPS) is 14.5. The molecule has 0 aliphatic carbocycles. The highest BCUT2D eigenvalue weighted by atomic mass is 19.1. The monoisotopic (exact) mass is 531 g/mol. The molecule has 2 amide bonds. The van der Waals surface area contributed by atoms with E-state index in [4.69, 9.17) is 5.73 Å². The Kier molecular flexibility index (Phi) is 8.97. The third-order valence-corrected chi connectivity index (χ3v) is 7.31. The number of nitrogens with two attached hydrogens (primary N) is 1. The van der Waals surface area contributed by atoms with E-state index in [0.29, 0.717) is 11.3 Å². The SMILES string of the molecule is CC(C)N(C(=O)c1ccc(N(c2c(F)cccc2C(N)=O)C2CCN(Cc3ccncc3)CC2)cc1)C(C)C. The smallest absolute Gasteiger partial charge is 0.254 e. The molecule has 0 bridgehead atoms. The zero-order valence-corrected chi connectivity index (χ0v) is 23.2. The number of carbonyl (C=O) groups is 2. The number of rotatable bonds is 9. The number of amides is 2. The maximum absolute atomic E-state index is 15.4. The molecule has 4 rings (SSSR count). The van der Waals surface area contributed by atoms with Crippen molar-refractivity contribution in [2.75, 3.05) is 18.0 Å². The van der Waals surface area contributed by atoms with Crippen LogP contribution >= 0.6 is 0 Å². The lowest BCUT2D eigenvalue weighted by Crippen LogP contribution is -2.44. The van der Waals surface area contributed by atoms with E-state index in [1.54, 1.807) is 30.6 Å². The molecular weight excluding hydrogens is 493 g/mol. The first-order valence-corrected chi connectivity index (χ1v) is 13.6. The average Bonchev–Trinajstić information content (AvgIpc) is 2.91.